The molecule has 1 saturated heterocycles. The Hall–Kier alpha value is -2.09. The third-order valence-corrected chi connectivity index (χ3v) is 3.25. The molecule has 1 aliphatic heterocycles. The zero-order valence-electron chi connectivity index (χ0n) is 11.7. The molecule has 22 heavy (non-hydrogen) atoms. The van der Waals surface area contributed by atoms with Gasteiger partial charge in [0.1, 0.15) is 5.82 Å². The molecule has 120 valence electrons. The Kier molecular flexibility index (Phi) is 5.02. The summed E-state index contributed by atoms with van der Waals surface area (Å²) in [6.45, 7) is -0.375. The van der Waals surface area contributed by atoms with Crippen LogP contribution in [0.4, 0.5) is 13.2 Å². The summed E-state index contributed by atoms with van der Waals surface area (Å²) in [5.41, 5.74) is -0.0917. The van der Waals surface area contributed by atoms with Crippen LogP contribution in [0.2, 0.25) is 0 Å². The largest absolute Gasteiger partial charge is 0.353 e. The summed E-state index contributed by atoms with van der Waals surface area (Å²) in [7, 11) is 0. The van der Waals surface area contributed by atoms with Gasteiger partial charge in [-0.3, -0.25) is 14.9 Å². The average molecular weight is 315 g/mol. The number of hydrogen-bond donors (Lipinski definition) is 3. The van der Waals surface area contributed by atoms with Gasteiger partial charge in [0.2, 0.25) is 5.91 Å². The topological polar surface area (TPSA) is 70.2 Å². The van der Waals surface area contributed by atoms with Crippen LogP contribution in [0, 0.1) is 5.82 Å². The molecule has 1 heterocycles. The van der Waals surface area contributed by atoms with Gasteiger partial charge in [0, 0.05) is 19.5 Å². The summed E-state index contributed by atoms with van der Waals surface area (Å²) < 4.78 is 39.2. The van der Waals surface area contributed by atoms with E-state index in [9.17, 15) is 22.8 Å². The minimum absolute atomic E-state index is 0.0714. The van der Waals surface area contributed by atoms with Crippen LogP contribution in [0.15, 0.2) is 24.3 Å². The van der Waals surface area contributed by atoms with Gasteiger partial charge >= 0.3 is 0 Å². The third-order valence-electron chi connectivity index (χ3n) is 3.25. The van der Waals surface area contributed by atoms with E-state index in [1.54, 1.807) is 0 Å². The molecule has 1 aromatic carbocycles. The van der Waals surface area contributed by atoms with Crippen LogP contribution in [-0.2, 0) is 4.79 Å². The van der Waals surface area contributed by atoms with Gasteiger partial charge in [-0.25, -0.2) is 13.2 Å². The molecular formula is C14H16F3N3O2. The number of hydrogen-bond acceptors (Lipinski definition) is 3. The van der Waals surface area contributed by atoms with Crippen molar-refractivity contribution in [2.45, 2.75) is 18.4 Å². The lowest BCUT2D eigenvalue weighted by molar-refractivity contribution is -0.123. The zero-order valence-corrected chi connectivity index (χ0v) is 11.7. The molecule has 1 unspecified atom stereocenters. The van der Waals surface area contributed by atoms with E-state index in [0.717, 1.165) is 0 Å². The van der Waals surface area contributed by atoms with Crippen molar-refractivity contribution in [3.8, 4) is 0 Å². The summed E-state index contributed by atoms with van der Waals surface area (Å²) in [6.07, 6.45) is -0.541. The molecule has 0 bridgehead atoms. The second-order valence-corrected chi connectivity index (χ2v) is 5.02. The van der Waals surface area contributed by atoms with Gasteiger partial charge in [-0.15, -0.1) is 0 Å². The van der Waals surface area contributed by atoms with Gasteiger partial charge in [0.15, 0.2) is 0 Å². The molecule has 5 nitrogen and oxygen atoms in total. The first-order valence-corrected chi connectivity index (χ1v) is 6.81. The molecule has 1 fully saturated rings. The fourth-order valence-corrected chi connectivity index (χ4v) is 2.13. The van der Waals surface area contributed by atoms with Crippen LogP contribution in [-0.4, -0.2) is 43.4 Å². The molecule has 0 aromatic heterocycles. The lowest BCUT2D eigenvalue weighted by Gasteiger charge is -2.11. The smallest absolute Gasteiger partial charge is 0.262 e. The molecule has 8 heteroatoms. The summed E-state index contributed by atoms with van der Waals surface area (Å²) in [5.74, 6) is -4.65. The standard InChI is InChI=1S/C14H16F3N3O2/c15-10-4-2-1-3-9(10)12(21)18-5-6-19-13(22)11-7-14(16,17)8-20-11/h1-4,11,20H,5-8H2,(H,18,21)(H,19,22). The van der Waals surface area contributed by atoms with E-state index in [-0.39, 0.29) is 18.7 Å². The van der Waals surface area contributed by atoms with E-state index in [2.05, 4.69) is 16.0 Å². The molecule has 1 aliphatic rings. The molecule has 1 aromatic rings. The van der Waals surface area contributed by atoms with Crippen molar-refractivity contribution in [2.24, 2.45) is 0 Å². The molecule has 0 spiro atoms. The summed E-state index contributed by atoms with van der Waals surface area (Å²) in [6, 6.07) is 4.58. The highest BCUT2D eigenvalue weighted by Gasteiger charge is 2.42. The van der Waals surface area contributed by atoms with Gasteiger partial charge in [0.05, 0.1) is 18.2 Å². The summed E-state index contributed by atoms with van der Waals surface area (Å²) in [4.78, 5) is 23.3. The number of carbonyl (C=O) groups excluding carboxylic acids is 2. The predicted molar refractivity (Wildman–Crippen MR) is 73.1 cm³/mol. The SMILES string of the molecule is O=C(NCCNC(=O)C1CC(F)(F)CN1)c1ccccc1F. The lowest BCUT2D eigenvalue weighted by Crippen LogP contribution is -2.43. The van der Waals surface area contributed by atoms with E-state index in [1.807, 2.05) is 0 Å². The fraction of sp³-hybridized carbons (Fsp3) is 0.429. The molecule has 0 radical (unpaired) electrons. The van der Waals surface area contributed by atoms with Crippen molar-refractivity contribution in [3.05, 3.63) is 35.6 Å². The van der Waals surface area contributed by atoms with Gasteiger partial charge in [-0.1, -0.05) is 12.1 Å². The minimum Gasteiger partial charge on any atom is -0.353 e. The Balaban J connectivity index is 1.70. The fourth-order valence-electron chi connectivity index (χ4n) is 2.13. The predicted octanol–water partition coefficient (Wildman–Crippen LogP) is 0.669. The maximum Gasteiger partial charge on any atom is 0.262 e. The monoisotopic (exact) mass is 315 g/mol. The molecule has 0 saturated carbocycles. The van der Waals surface area contributed by atoms with Crippen molar-refractivity contribution >= 4 is 11.8 Å². The first kappa shape index (κ1) is 16.3. The number of alkyl halides is 2. The Labute approximate surface area is 125 Å². The quantitative estimate of drug-likeness (QED) is 0.700. The second kappa shape index (κ2) is 6.78. The molecule has 2 amide bonds. The summed E-state index contributed by atoms with van der Waals surface area (Å²) >= 11 is 0. The molecule has 0 aliphatic carbocycles. The van der Waals surface area contributed by atoms with Crippen molar-refractivity contribution < 1.29 is 22.8 Å². The van der Waals surface area contributed by atoms with E-state index < -0.39 is 42.6 Å². The van der Waals surface area contributed by atoms with Crippen LogP contribution in [0.5, 0.6) is 0 Å². The molecule has 1 atom stereocenters. The highest BCUT2D eigenvalue weighted by molar-refractivity contribution is 5.94. The van der Waals surface area contributed by atoms with E-state index in [0.29, 0.717) is 0 Å². The number of rotatable bonds is 5. The zero-order chi connectivity index (χ0) is 16.2. The first-order valence-electron chi connectivity index (χ1n) is 6.81. The Morgan fingerprint density at radius 3 is 2.55 bits per heavy atom. The number of halogens is 3. The van der Waals surface area contributed by atoms with Gasteiger partial charge in [-0.2, -0.15) is 0 Å². The summed E-state index contributed by atoms with van der Waals surface area (Å²) in [5, 5.41) is 7.31. The van der Waals surface area contributed by atoms with Gasteiger partial charge in [-0.05, 0) is 12.1 Å². The normalized spacial score (nSPS) is 19.7. The van der Waals surface area contributed by atoms with E-state index >= 15 is 0 Å². The van der Waals surface area contributed by atoms with Crippen molar-refractivity contribution in [1.82, 2.24) is 16.0 Å². The molecule has 2 rings (SSSR count). The number of amides is 2. The van der Waals surface area contributed by atoms with Crippen LogP contribution in [0.25, 0.3) is 0 Å². The average Bonchev–Trinajstić information content (AvgIpc) is 2.84. The molecular weight excluding hydrogens is 299 g/mol. The Morgan fingerprint density at radius 1 is 1.23 bits per heavy atom. The number of carbonyl (C=O) groups is 2. The lowest BCUT2D eigenvalue weighted by atomic mass is 10.2. The van der Waals surface area contributed by atoms with Crippen molar-refractivity contribution in [1.29, 1.82) is 0 Å². The van der Waals surface area contributed by atoms with Gasteiger partial charge in [0.25, 0.3) is 11.8 Å². The van der Waals surface area contributed by atoms with Crippen LogP contribution in [0.1, 0.15) is 16.8 Å². The van der Waals surface area contributed by atoms with Crippen LogP contribution < -0.4 is 16.0 Å². The minimum atomic E-state index is -2.87. The van der Waals surface area contributed by atoms with Crippen LogP contribution in [0.3, 0.4) is 0 Å². The number of benzene rings is 1. The Morgan fingerprint density at radius 2 is 1.91 bits per heavy atom. The van der Waals surface area contributed by atoms with Crippen molar-refractivity contribution in [2.75, 3.05) is 19.6 Å². The van der Waals surface area contributed by atoms with Gasteiger partial charge < -0.3 is 10.6 Å². The van der Waals surface area contributed by atoms with E-state index in [4.69, 9.17) is 0 Å². The maximum atomic E-state index is 13.3. The Bertz CT molecular complexity index is 566. The third kappa shape index (κ3) is 4.20. The number of nitrogens with one attached hydrogen (secondary N) is 3. The van der Waals surface area contributed by atoms with Crippen LogP contribution >= 0.6 is 0 Å². The highest BCUT2D eigenvalue weighted by atomic mass is 19.3. The van der Waals surface area contributed by atoms with E-state index in [1.165, 1.54) is 24.3 Å². The first-order chi connectivity index (χ1) is 10.4. The van der Waals surface area contributed by atoms with Crippen molar-refractivity contribution in [3.63, 3.8) is 0 Å². The maximum absolute atomic E-state index is 13.3. The highest BCUT2D eigenvalue weighted by Crippen LogP contribution is 2.24. The molecule has 3 N–H and O–H groups in total. The second-order valence-electron chi connectivity index (χ2n) is 5.02.